The zero-order valence-electron chi connectivity index (χ0n) is 17.3. The predicted octanol–water partition coefficient (Wildman–Crippen LogP) is 3.41. The number of fused-ring (bicyclic) bond motifs is 1. The summed E-state index contributed by atoms with van der Waals surface area (Å²) in [5.41, 5.74) is 1.09. The van der Waals surface area contributed by atoms with Crippen LogP contribution in [0.5, 0.6) is 0 Å². The summed E-state index contributed by atoms with van der Waals surface area (Å²) in [7, 11) is 0. The van der Waals surface area contributed by atoms with Gasteiger partial charge in [0.1, 0.15) is 0 Å². The van der Waals surface area contributed by atoms with Gasteiger partial charge in [-0.1, -0.05) is 5.21 Å². The van der Waals surface area contributed by atoms with Crippen molar-refractivity contribution < 1.29 is 18.3 Å². The lowest BCUT2D eigenvalue weighted by atomic mass is 9.77. The van der Waals surface area contributed by atoms with Gasteiger partial charge in [-0.25, -0.2) is 13.5 Å². The largest absolute Gasteiger partial charge is 0.376 e. The summed E-state index contributed by atoms with van der Waals surface area (Å²) < 4.78 is 34.9. The Morgan fingerprint density at radius 3 is 2.53 bits per heavy atom. The molecule has 6 nitrogen and oxygen atoms in total. The van der Waals surface area contributed by atoms with E-state index in [0.717, 1.165) is 25.1 Å². The Balaban J connectivity index is 1.15. The molecule has 30 heavy (non-hydrogen) atoms. The van der Waals surface area contributed by atoms with Crippen molar-refractivity contribution in [1.82, 2.24) is 19.9 Å². The number of hydrogen-bond acceptors (Lipinski definition) is 4. The Bertz CT molecular complexity index is 814. The van der Waals surface area contributed by atoms with Crippen LogP contribution in [0.4, 0.5) is 8.78 Å². The fourth-order valence-corrected chi connectivity index (χ4v) is 5.68. The van der Waals surface area contributed by atoms with Crippen LogP contribution in [0.15, 0.2) is 6.20 Å². The van der Waals surface area contributed by atoms with E-state index < -0.39 is 11.8 Å². The Labute approximate surface area is 175 Å². The van der Waals surface area contributed by atoms with Crippen molar-refractivity contribution >= 4 is 5.91 Å². The summed E-state index contributed by atoms with van der Waals surface area (Å²) in [4.78, 5) is 14.6. The maximum absolute atomic E-state index is 13.2. The second kappa shape index (κ2) is 6.97. The van der Waals surface area contributed by atoms with E-state index in [1.807, 2.05) is 9.58 Å². The molecule has 5 fully saturated rings. The first kappa shape index (κ1) is 19.1. The molecule has 0 unspecified atom stereocenters. The normalized spacial score (nSPS) is 35.9. The number of hydrogen-bond donors (Lipinski definition) is 0. The lowest BCUT2D eigenvalue weighted by Crippen LogP contribution is -2.46. The summed E-state index contributed by atoms with van der Waals surface area (Å²) in [6, 6.07) is 0.146. The van der Waals surface area contributed by atoms with E-state index in [2.05, 4.69) is 16.5 Å². The van der Waals surface area contributed by atoms with Crippen LogP contribution in [-0.4, -0.2) is 57.5 Å². The number of nitrogens with zero attached hydrogens (tertiary/aromatic N) is 4. The van der Waals surface area contributed by atoms with Gasteiger partial charge in [0, 0.05) is 50.6 Å². The van der Waals surface area contributed by atoms with Gasteiger partial charge in [0.25, 0.3) is 0 Å². The van der Waals surface area contributed by atoms with Crippen molar-refractivity contribution in [2.24, 2.45) is 23.7 Å². The fraction of sp³-hybridized carbons (Fsp3) is 0.864. The van der Waals surface area contributed by atoms with Crippen LogP contribution in [0.3, 0.4) is 0 Å². The van der Waals surface area contributed by atoms with Gasteiger partial charge in [-0.05, 0) is 56.3 Å². The molecule has 8 heteroatoms. The standard InChI is InChI=1S/C22H30F2N4O2/c23-22(24)7-17(8-22)21(29)27-9-15-5-19(28-11-18(25-26-28)14-3-4-14)20(6-16(15)10-27)30-12-13-1-2-13/h11,13-17,19-20H,1-10,12H2/t15-,16+,19-,20-/m1/s1. The van der Waals surface area contributed by atoms with Crippen LogP contribution < -0.4 is 0 Å². The number of likely N-dealkylation sites (tertiary alicyclic amines) is 1. The van der Waals surface area contributed by atoms with Gasteiger partial charge in [-0.3, -0.25) is 4.79 Å². The predicted molar refractivity (Wildman–Crippen MR) is 104 cm³/mol. The Kier molecular flexibility index (Phi) is 4.45. The molecule has 0 spiro atoms. The molecule has 164 valence electrons. The minimum absolute atomic E-state index is 0.0703. The molecule has 1 saturated heterocycles. The van der Waals surface area contributed by atoms with E-state index >= 15 is 0 Å². The molecule has 0 radical (unpaired) electrons. The van der Waals surface area contributed by atoms with E-state index in [0.29, 0.717) is 36.8 Å². The topological polar surface area (TPSA) is 60.2 Å². The van der Waals surface area contributed by atoms with Crippen molar-refractivity contribution in [1.29, 1.82) is 0 Å². The third-order valence-electron chi connectivity index (χ3n) is 7.94. The second-order valence-electron chi connectivity index (χ2n) is 10.5. The zero-order chi connectivity index (χ0) is 20.5. The molecule has 4 saturated carbocycles. The number of aromatic nitrogens is 3. The van der Waals surface area contributed by atoms with Gasteiger partial charge in [0.2, 0.25) is 11.8 Å². The third-order valence-corrected chi connectivity index (χ3v) is 7.94. The Morgan fingerprint density at radius 2 is 1.87 bits per heavy atom. The molecule has 4 atom stereocenters. The number of halogens is 2. The van der Waals surface area contributed by atoms with Crippen molar-refractivity contribution in [2.75, 3.05) is 19.7 Å². The first-order valence-electron chi connectivity index (χ1n) is 11.6. The Morgan fingerprint density at radius 1 is 1.13 bits per heavy atom. The van der Waals surface area contributed by atoms with E-state index in [1.54, 1.807) is 0 Å². The van der Waals surface area contributed by atoms with E-state index in [4.69, 9.17) is 4.74 Å². The van der Waals surface area contributed by atoms with Crippen LogP contribution in [0.1, 0.15) is 69.0 Å². The maximum atomic E-state index is 13.2. The first-order valence-corrected chi connectivity index (χ1v) is 11.6. The van der Waals surface area contributed by atoms with Crippen molar-refractivity contribution in [3.05, 3.63) is 11.9 Å². The van der Waals surface area contributed by atoms with Crippen LogP contribution >= 0.6 is 0 Å². The molecule has 6 rings (SSSR count). The van der Waals surface area contributed by atoms with Gasteiger partial charge in [-0.15, -0.1) is 5.10 Å². The summed E-state index contributed by atoms with van der Waals surface area (Å²) in [6.45, 7) is 2.18. The average molecular weight is 421 g/mol. The third kappa shape index (κ3) is 3.65. The molecule has 1 amide bonds. The number of carbonyl (C=O) groups is 1. The second-order valence-corrected chi connectivity index (χ2v) is 10.5. The lowest BCUT2D eigenvalue weighted by Gasteiger charge is -2.37. The Hall–Kier alpha value is -1.57. The minimum atomic E-state index is -2.65. The molecule has 1 aliphatic heterocycles. The quantitative estimate of drug-likeness (QED) is 0.708. The van der Waals surface area contributed by atoms with Crippen LogP contribution in [-0.2, 0) is 9.53 Å². The average Bonchev–Trinajstić information content (AvgIpc) is 3.63. The monoisotopic (exact) mass is 420 g/mol. The zero-order valence-corrected chi connectivity index (χ0v) is 17.3. The molecule has 5 aliphatic rings. The number of amides is 1. The highest BCUT2D eigenvalue weighted by Gasteiger charge is 2.52. The van der Waals surface area contributed by atoms with Crippen LogP contribution in [0, 0.1) is 23.7 Å². The fourth-order valence-electron chi connectivity index (χ4n) is 5.68. The van der Waals surface area contributed by atoms with E-state index in [9.17, 15) is 13.6 Å². The summed E-state index contributed by atoms with van der Waals surface area (Å²) >= 11 is 0. The van der Waals surface area contributed by atoms with Gasteiger partial charge >= 0.3 is 0 Å². The van der Waals surface area contributed by atoms with Crippen molar-refractivity contribution in [3.8, 4) is 0 Å². The van der Waals surface area contributed by atoms with Crippen molar-refractivity contribution in [3.63, 3.8) is 0 Å². The number of ether oxygens (including phenoxy) is 1. The van der Waals surface area contributed by atoms with Gasteiger partial charge in [-0.2, -0.15) is 0 Å². The van der Waals surface area contributed by atoms with Crippen LogP contribution in [0.25, 0.3) is 0 Å². The summed E-state index contributed by atoms with van der Waals surface area (Å²) in [5, 5.41) is 8.85. The summed E-state index contributed by atoms with van der Waals surface area (Å²) in [6.07, 6.45) is 8.36. The molecule has 0 bridgehead atoms. The smallest absolute Gasteiger partial charge is 0.249 e. The lowest BCUT2D eigenvalue weighted by molar-refractivity contribution is -0.159. The maximum Gasteiger partial charge on any atom is 0.249 e. The van der Waals surface area contributed by atoms with Gasteiger partial charge in [0.05, 0.1) is 17.8 Å². The van der Waals surface area contributed by atoms with E-state index in [-0.39, 0.29) is 30.9 Å². The van der Waals surface area contributed by atoms with Gasteiger partial charge < -0.3 is 9.64 Å². The minimum Gasteiger partial charge on any atom is -0.376 e. The van der Waals surface area contributed by atoms with Crippen LogP contribution in [0.2, 0.25) is 0 Å². The molecule has 0 N–H and O–H groups in total. The molecule has 4 aliphatic carbocycles. The number of alkyl halides is 2. The molecule has 0 aromatic carbocycles. The molecule has 1 aromatic rings. The molecular formula is C22H30F2N4O2. The highest BCUT2D eigenvalue weighted by atomic mass is 19.3. The highest BCUT2D eigenvalue weighted by molar-refractivity contribution is 5.80. The first-order chi connectivity index (χ1) is 14.4. The van der Waals surface area contributed by atoms with Crippen molar-refractivity contribution in [2.45, 2.75) is 75.4 Å². The number of rotatable bonds is 6. The van der Waals surface area contributed by atoms with Gasteiger partial charge in [0.15, 0.2) is 0 Å². The number of carbonyl (C=O) groups excluding carboxylic acids is 1. The van der Waals surface area contributed by atoms with E-state index in [1.165, 1.54) is 25.7 Å². The molecule has 1 aromatic heterocycles. The SMILES string of the molecule is O=C(C1CC(F)(F)C1)N1C[C@H]2C[C@@H](n3cc(C4CC4)nn3)[C@H](OCC3CC3)C[C@H]2C1. The summed E-state index contributed by atoms with van der Waals surface area (Å²) in [5.74, 6) is -1.17. The molecular weight excluding hydrogens is 390 g/mol. The molecule has 2 heterocycles. The highest BCUT2D eigenvalue weighted by Crippen LogP contribution is 2.47.